The maximum Gasteiger partial charge on any atom is 0.140 e. The van der Waals surface area contributed by atoms with Crippen molar-refractivity contribution >= 4 is 15.9 Å². The molecule has 0 aliphatic heterocycles. The highest BCUT2D eigenvalue weighted by atomic mass is 79.9. The normalized spacial score (nSPS) is 10.6. The van der Waals surface area contributed by atoms with E-state index in [1.165, 1.54) is 0 Å². The summed E-state index contributed by atoms with van der Waals surface area (Å²) in [5, 5.41) is 0. The van der Waals surface area contributed by atoms with E-state index in [1.54, 1.807) is 7.11 Å². The van der Waals surface area contributed by atoms with Gasteiger partial charge in [0.1, 0.15) is 11.6 Å². The van der Waals surface area contributed by atoms with Gasteiger partial charge in [-0.25, -0.2) is 4.98 Å². The van der Waals surface area contributed by atoms with Gasteiger partial charge in [0.25, 0.3) is 0 Å². The van der Waals surface area contributed by atoms with Gasteiger partial charge in [0.05, 0.1) is 13.7 Å². The topological polar surface area (TPSA) is 27.1 Å². The van der Waals surface area contributed by atoms with E-state index in [9.17, 15) is 0 Å². The summed E-state index contributed by atoms with van der Waals surface area (Å²) in [5.74, 6) is 1.84. The second kappa shape index (κ2) is 6.14. The lowest BCUT2D eigenvalue weighted by molar-refractivity contribution is 0.408. The number of rotatable bonds is 4. The third kappa shape index (κ3) is 3.00. The van der Waals surface area contributed by atoms with Gasteiger partial charge in [0.15, 0.2) is 0 Å². The highest BCUT2D eigenvalue weighted by Gasteiger charge is 2.09. The first-order valence-corrected chi connectivity index (χ1v) is 7.46. The van der Waals surface area contributed by atoms with E-state index in [1.807, 2.05) is 42.7 Å². The second-order valence-corrected chi connectivity index (χ2v) is 5.62. The van der Waals surface area contributed by atoms with Crippen LogP contribution in [-0.2, 0) is 6.54 Å². The first-order valence-electron chi connectivity index (χ1n) is 6.67. The summed E-state index contributed by atoms with van der Waals surface area (Å²) < 4.78 is 8.61. The molecule has 2 aromatic carbocycles. The largest absolute Gasteiger partial charge is 0.496 e. The number of imidazole rings is 1. The van der Waals surface area contributed by atoms with Crippen LogP contribution in [-0.4, -0.2) is 16.7 Å². The molecule has 4 heteroatoms. The molecule has 0 amide bonds. The predicted octanol–water partition coefficient (Wildman–Crippen LogP) is 4.37. The first-order chi connectivity index (χ1) is 10.3. The van der Waals surface area contributed by atoms with Gasteiger partial charge in [0.2, 0.25) is 0 Å². The summed E-state index contributed by atoms with van der Waals surface area (Å²) in [6.07, 6.45) is 3.81. The van der Waals surface area contributed by atoms with E-state index in [2.05, 4.69) is 43.7 Å². The number of halogens is 1. The zero-order valence-corrected chi connectivity index (χ0v) is 13.2. The number of hydrogen-bond acceptors (Lipinski definition) is 2. The summed E-state index contributed by atoms with van der Waals surface area (Å²) in [6.45, 7) is 0.715. The standard InChI is InChI=1S/C17H15BrN2O/c1-21-16-8-7-15(18)11-14(16)12-20-10-9-19-17(20)13-5-3-2-4-6-13/h2-11H,12H2,1H3. The third-order valence-corrected chi connectivity index (χ3v) is 3.82. The van der Waals surface area contributed by atoms with Gasteiger partial charge >= 0.3 is 0 Å². The Kier molecular flexibility index (Phi) is 4.06. The van der Waals surface area contributed by atoms with Crippen LogP contribution < -0.4 is 4.74 Å². The highest BCUT2D eigenvalue weighted by molar-refractivity contribution is 9.10. The molecule has 0 spiro atoms. The molecule has 0 saturated carbocycles. The van der Waals surface area contributed by atoms with Crippen molar-refractivity contribution in [1.82, 2.24) is 9.55 Å². The minimum absolute atomic E-state index is 0.715. The fraction of sp³-hybridized carbons (Fsp3) is 0.118. The van der Waals surface area contributed by atoms with Gasteiger partial charge < -0.3 is 9.30 Å². The number of benzene rings is 2. The number of methoxy groups -OCH3 is 1. The molecular formula is C17H15BrN2O. The summed E-state index contributed by atoms with van der Waals surface area (Å²) in [6, 6.07) is 16.2. The van der Waals surface area contributed by atoms with Crippen LogP contribution in [0.15, 0.2) is 65.4 Å². The zero-order chi connectivity index (χ0) is 14.7. The van der Waals surface area contributed by atoms with Crippen LogP contribution >= 0.6 is 15.9 Å². The van der Waals surface area contributed by atoms with Crippen molar-refractivity contribution in [1.29, 1.82) is 0 Å². The van der Waals surface area contributed by atoms with Crippen LogP contribution in [0.2, 0.25) is 0 Å². The van der Waals surface area contributed by atoms with Crippen molar-refractivity contribution in [2.24, 2.45) is 0 Å². The monoisotopic (exact) mass is 342 g/mol. The van der Waals surface area contributed by atoms with Gasteiger partial charge in [0, 0.05) is 28.0 Å². The van der Waals surface area contributed by atoms with Crippen molar-refractivity contribution < 1.29 is 4.74 Å². The van der Waals surface area contributed by atoms with Gasteiger partial charge in [-0.2, -0.15) is 0 Å². The Balaban J connectivity index is 1.97. The smallest absolute Gasteiger partial charge is 0.140 e. The molecule has 0 bridgehead atoms. The van der Waals surface area contributed by atoms with Crippen LogP contribution in [0.5, 0.6) is 5.75 Å². The molecule has 0 atom stereocenters. The molecule has 0 unspecified atom stereocenters. The lowest BCUT2D eigenvalue weighted by atomic mass is 10.2. The lowest BCUT2D eigenvalue weighted by Gasteiger charge is -2.12. The zero-order valence-electron chi connectivity index (χ0n) is 11.7. The van der Waals surface area contributed by atoms with Crippen molar-refractivity contribution in [3.8, 4) is 17.1 Å². The fourth-order valence-electron chi connectivity index (χ4n) is 2.34. The second-order valence-electron chi connectivity index (χ2n) is 4.70. The summed E-state index contributed by atoms with van der Waals surface area (Å²) >= 11 is 3.51. The van der Waals surface area contributed by atoms with Crippen molar-refractivity contribution in [2.45, 2.75) is 6.54 Å². The molecule has 0 aliphatic carbocycles. The molecule has 3 rings (SSSR count). The number of hydrogen-bond donors (Lipinski definition) is 0. The molecule has 1 aromatic heterocycles. The van der Waals surface area contributed by atoms with Crippen LogP contribution in [0.3, 0.4) is 0 Å². The molecule has 106 valence electrons. The van der Waals surface area contributed by atoms with Crippen molar-refractivity contribution in [3.63, 3.8) is 0 Å². The van der Waals surface area contributed by atoms with Crippen LogP contribution in [0.25, 0.3) is 11.4 Å². The average molecular weight is 343 g/mol. The van der Waals surface area contributed by atoms with Crippen molar-refractivity contribution in [3.05, 3.63) is 71.0 Å². The minimum atomic E-state index is 0.715. The average Bonchev–Trinajstić information content (AvgIpc) is 2.96. The summed E-state index contributed by atoms with van der Waals surface area (Å²) in [7, 11) is 1.69. The molecule has 0 saturated heterocycles. The minimum Gasteiger partial charge on any atom is -0.496 e. The third-order valence-electron chi connectivity index (χ3n) is 3.33. The Bertz CT molecular complexity index is 738. The van der Waals surface area contributed by atoms with E-state index in [4.69, 9.17) is 4.74 Å². The van der Waals surface area contributed by atoms with Gasteiger partial charge in [-0.3, -0.25) is 0 Å². The van der Waals surface area contributed by atoms with Crippen LogP contribution in [0.4, 0.5) is 0 Å². The lowest BCUT2D eigenvalue weighted by Crippen LogP contribution is -2.03. The van der Waals surface area contributed by atoms with Crippen LogP contribution in [0, 0.1) is 0 Å². The maximum atomic E-state index is 5.44. The van der Waals surface area contributed by atoms with E-state index >= 15 is 0 Å². The van der Waals surface area contributed by atoms with Gasteiger partial charge in [-0.1, -0.05) is 46.3 Å². The van der Waals surface area contributed by atoms with Crippen LogP contribution in [0.1, 0.15) is 5.56 Å². The fourth-order valence-corrected chi connectivity index (χ4v) is 2.75. The number of ether oxygens (including phenoxy) is 1. The molecule has 0 fully saturated rings. The van der Waals surface area contributed by atoms with E-state index in [0.29, 0.717) is 6.54 Å². The van der Waals surface area contributed by atoms with Crippen molar-refractivity contribution in [2.75, 3.05) is 7.11 Å². The Hall–Kier alpha value is -2.07. The molecule has 3 nitrogen and oxygen atoms in total. The van der Waals surface area contributed by atoms with Gasteiger partial charge in [-0.15, -0.1) is 0 Å². The maximum absolute atomic E-state index is 5.44. The first kappa shape index (κ1) is 13.9. The van der Waals surface area contributed by atoms with E-state index in [-0.39, 0.29) is 0 Å². The number of nitrogens with zero attached hydrogens (tertiary/aromatic N) is 2. The number of aromatic nitrogens is 2. The summed E-state index contributed by atoms with van der Waals surface area (Å²) in [5.41, 5.74) is 2.22. The summed E-state index contributed by atoms with van der Waals surface area (Å²) in [4.78, 5) is 4.47. The molecule has 1 heterocycles. The molecule has 3 aromatic rings. The predicted molar refractivity (Wildman–Crippen MR) is 87.5 cm³/mol. The Morgan fingerprint density at radius 2 is 1.95 bits per heavy atom. The highest BCUT2D eigenvalue weighted by Crippen LogP contribution is 2.25. The Labute approximate surface area is 132 Å². The SMILES string of the molecule is COc1ccc(Br)cc1Cn1ccnc1-c1ccccc1. The van der Waals surface area contributed by atoms with Gasteiger partial charge in [-0.05, 0) is 18.2 Å². The Morgan fingerprint density at radius 1 is 1.14 bits per heavy atom. The molecule has 0 radical (unpaired) electrons. The molecule has 0 aliphatic rings. The molecule has 0 N–H and O–H groups in total. The molecular weight excluding hydrogens is 328 g/mol. The quantitative estimate of drug-likeness (QED) is 0.703. The van der Waals surface area contributed by atoms with E-state index in [0.717, 1.165) is 27.2 Å². The Morgan fingerprint density at radius 3 is 2.71 bits per heavy atom. The van der Waals surface area contributed by atoms with E-state index < -0.39 is 0 Å². The molecule has 21 heavy (non-hydrogen) atoms.